The third kappa shape index (κ3) is 2.78. The van der Waals surface area contributed by atoms with Crippen molar-refractivity contribution in [3.05, 3.63) is 68.7 Å². The van der Waals surface area contributed by atoms with E-state index in [1.165, 1.54) is 18.2 Å². The number of rotatable bonds is 2. The average molecular weight is 334 g/mol. The number of carbonyl (C=O) groups is 1. The fraction of sp³-hybridized carbons (Fsp3) is 0.0667. The van der Waals surface area contributed by atoms with Gasteiger partial charge in [0.25, 0.3) is 17.9 Å². The second kappa shape index (κ2) is 5.77. The minimum absolute atomic E-state index is 0.0835. The van der Waals surface area contributed by atoms with Crippen LogP contribution >= 0.6 is 11.6 Å². The maximum atomic E-state index is 14.0. The largest absolute Gasteiger partial charge is 0.321 e. The molecule has 0 bridgehead atoms. The van der Waals surface area contributed by atoms with E-state index in [0.717, 1.165) is 0 Å². The van der Waals surface area contributed by atoms with E-state index in [1.807, 2.05) is 0 Å². The fourth-order valence-corrected chi connectivity index (χ4v) is 2.48. The number of nitro groups is 1. The number of aliphatic imine (C=N–C) groups is 1. The predicted molar refractivity (Wildman–Crippen MR) is 83.7 cm³/mol. The molecule has 1 unspecified atom stereocenters. The summed E-state index contributed by atoms with van der Waals surface area (Å²) in [5.74, 6) is -0.942. The van der Waals surface area contributed by atoms with E-state index in [2.05, 4.69) is 10.3 Å². The van der Waals surface area contributed by atoms with E-state index in [-0.39, 0.29) is 22.6 Å². The molecule has 0 aliphatic carbocycles. The van der Waals surface area contributed by atoms with E-state index in [0.29, 0.717) is 10.6 Å². The number of hydrogen-bond donors (Lipinski definition) is 1. The van der Waals surface area contributed by atoms with Crippen molar-refractivity contribution < 1.29 is 14.1 Å². The summed E-state index contributed by atoms with van der Waals surface area (Å²) in [4.78, 5) is 25.9. The van der Waals surface area contributed by atoms with Gasteiger partial charge in [-0.05, 0) is 12.1 Å². The summed E-state index contributed by atoms with van der Waals surface area (Å²) in [6, 6.07) is 10.4. The van der Waals surface area contributed by atoms with Crippen LogP contribution in [0.5, 0.6) is 0 Å². The Labute approximate surface area is 134 Å². The molecular formula is C15H9ClFN3O3. The number of nitrogens with one attached hydrogen (secondary N) is 1. The van der Waals surface area contributed by atoms with Crippen molar-refractivity contribution in [3.63, 3.8) is 0 Å². The zero-order valence-electron chi connectivity index (χ0n) is 11.5. The first-order chi connectivity index (χ1) is 11.0. The lowest BCUT2D eigenvalue weighted by atomic mass is 10.00. The lowest BCUT2D eigenvalue weighted by molar-refractivity contribution is -0.384. The first kappa shape index (κ1) is 15.1. The molecule has 0 saturated heterocycles. The third-order valence-corrected chi connectivity index (χ3v) is 3.64. The Morgan fingerprint density at radius 1 is 1.22 bits per heavy atom. The van der Waals surface area contributed by atoms with Gasteiger partial charge in [-0.2, -0.15) is 0 Å². The van der Waals surface area contributed by atoms with Crippen LogP contribution in [0.25, 0.3) is 0 Å². The molecule has 2 aromatic rings. The van der Waals surface area contributed by atoms with Crippen LogP contribution < -0.4 is 5.32 Å². The normalized spacial score (nSPS) is 16.9. The Morgan fingerprint density at radius 2 is 1.96 bits per heavy atom. The molecular weight excluding hydrogens is 325 g/mol. The smallest absolute Gasteiger partial charge is 0.281 e. The molecule has 1 atom stereocenters. The maximum Gasteiger partial charge on any atom is 0.281 e. The van der Waals surface area contributed by atoms with Crippen LogP contribution in [0, 0.1) is 10.1 Å². The molecule has 6 nitrogen and oxygen atoms in total. The number of anilines is 1. The molecule has 23 heavy (non-hydrogen) atoms. The molecule has 1 aliphatic heterocycles. The van der Waals surface area contributed by atoms with Crippen LogP contribution in [0.15, 0.2) is 47.5 Å². The number of nitrogens with zero attached hydrogens (tertiary/aromatic N) is 2. The van der Waals surface area contributed by atoms with Crippen LogP contribution in [-0.4, -0.2) is 22.8 Å². The highest BCUT2D eigenvalue weighted by Gasteiger charge is 2.27. The summed E-state index contributed by atoms with van der Waals surface area (Å²) >= 11 is 6.12. The summed E-state index contributed by atoms with van der Waals surface area (Å²) in [5, 5.41) is 13.6. The Bertz CT molecular complexity index is 854. The minimum atomic E-state index is -2.13. The van der Waals surface area contributed by atoms with Gasteiger partial charge in [-0.3, -0.25) is 14.9 Å². The number of halogens is 2. The van der Waals surface area contributed by atoms with Crippen molar-refractivity contribution in [3.8, 4) is 0 Å². The first-order valence-corrected chi connectivity index (χ1v) is 6.91. The minimum Gasteiger partial charge on any atom is -0.321 e. The molecule has 1 aliphatic rings. The first-order valence-electron chi connectivity index (χ1n) is 6.54. The Balaban J connectivity index is 2.27. The van der Waals surface area contributed by atoms with Gasteiger partial charge < -0.3 is 5.32 Å². The molecule has 0 radical (unpaired) electrons. The molecule has 2 aromatic carbocycles. The number of benzene rings is 2. The number of fused-ring (bicyclic) bond motifs is 1. The Morgan fingerprint density at radius 3 is 2.65 bits per heavy atom. The third-order valence-electron chi connectivity index (χ3n) is 3.31. The number of carbonyl (C=O) groups excluding carboxylic acids is 1. The summed E-state index contributed by atoms with van der Waals surface area (Å²) in [7, 11) is 0. The van der Waals surface area contributed by atoms with Gasteiger partial charge in [-0.15, -0.1) is 0 Å². The average Bonchev–Trinajstić information content (AvgIpc) is 2.64. The standard InChI is InChI=1S/C15H9ClFN3O3/c16-11-4-2-1-3-9(11)13-10-7-8(20(22)23)5-6-12(10)18-15(21)14(17)19-13/h1-7,14H,(H,18,21). The van der Waals surface area contributed by atoms with Gasteiger partial charge in [0.2, 0.25) is 0 Å². The van der Waals surface area contributed by atoms with Crippen LogP contribution in [0.1, 0.15) is 11.1 Å². The highest BCUT2D eigenvalue weighted by molar-refractivity contribution is 6.36. The Kier molecular flexibility index (Phi) is 3.79. The van der Waals surface area contributed by atoms with Crippen molar-refractivity contribution in [2.75, 3.05) is 5.32 Å². The molecule has 1 N–H and O–H groups in total. The second-order valence-corrected chi connectivity index (χ2v) is 5.18. The topological polar surface area (TPSA) is 84.6 Å². The van der Waals surface area contributed by atoms with Crippen LogP contribution in [-0.2, 0) is 4.79 Å². The number of hydrogen-bond acceptors (Lipinski definition) is 4. The molecule has 8 heteroatoms. The molecule has 0 fully saturated rings. The number of nitro benzene ring substituents is 1. The van der Waals surface area contributed by atoms with Gasteiger partial charge in [0, 0.05) is 28.3 Å². The summed E-state index contributed by atoms with van der Waals surface area (Å²) in [6.45, 7) is 0. The molecule has 1 amide bonds. The number of alkyl halides is 1. The highest BCUT2D eigenvalue weighted by Crippen LogP contribution is 2.30. The Hall–Kier alpha value is -2.80. The molecule has 3 rings (SSSR count). The lowest BCUT2D eigenvalue weighted by Gasteiger charge is -2.10. The van der Waals surface area contributed by atoms with Gasteiger partial charge in [-0.1, -0.05) is 29.8 Å². The van der Waals surface area contributed by atoms with E-state index in [9.17, 15) is 19.3 Å². The maximum absolute atomic E-state index is 14.0. The molecule has 0 spiro atoms. The van der Waals surface area contributed by atoms with Crippen molar-refractivity contribution in [1.82, 2.24) is 0 Å². The lowest BCUT2D eigenvalue weighted by Crippen LogP contribution is -2.21. The van der Waals surface area contributed by atoms with Gasteiger partial charge in [-0.25, -0.2) is 9.38 Å². The second-order valence-electron chi connectivity index (χ2n) is 4.77. The SMILES string of the molecule is O=C1Nc2ccc([N+](=O)[O-])cc2C(c2ccccc2Cl)=NC1F. The van der Waals surface area contributed by atoms with Gasteiger partial charge in [0.05, 0.1) is 16.3 Å². The molecule has 1 heterocycles. The van der Waals surface area contributed by atoms with Gasteiger partial charge in [0.15, 0.2) is 0 Å². The molecule has 0 aromatic heterocycles. The number of non-ortho nitro benzene ring substituents is 1. The van der Waals surface area contributed by atoms with Crippen molar-refractivity contribution in [2.24, 2.45) is 4.99 Å². The van der Waals surface area contributed by atoms with Crippen molar-refractivity contribution >= 4 is 34.6 Å². The van der Waals surface area contributed by atoms with E-state index >= 15 is 0 Å². The predicted octanol–water partition coefficient (Wildman–Crippen LogP) is 3.33. The zero-order valence-corrected chi connectivity index (χ0v) is 12.2. The number of benzodiazepines with no additional fused rings is 1. The fourth-order valence-electron chi connectivity index (χ4n) is 2.25. The summed E-state index contributed by atoms with van der Waals surface area (Å²) in [6.07, 6.45) is -2.13. The molecule has 0 saturated carbocycles. The zero-order chi connectivity index (χ0) is 16.6. The van der Waals surface area contributed by atoms with Crippen molar-refractivity contribution in [2.45, 2.75) is 6.30 Å². The van der Waals surface area contributed by atoms with Crippen LogP contribution in [0.4, 0.5) is 15.8 Å². The van der Waals surface area contributed by atoms with Gasteiger partial charge in [0.1, 0.15) is 0 Å². The molecule has 116 valence electrons. The van der Waals surface area contributed by atoms with Crippen LogP contribution in [0.2, 0.25) is 5.02 Å². The summed E-state index contributed by atoms with van der Waals surface area (Å²) < 4.78 is 14.0. The summed E-state index contributed by atoms with van der Waals surface area (Å²) in [5.41, 5.74) is 0.741. The van der Waals surface area contributed by atoms with Crippen LogP contribution in [0.3, 0.4) is 0 Å². The van der Waals surface area contributed by atoms with Crippen molar-refractivity contribution in [1.29, 1.82) is 0 Å². The highest BCUT2D eigenvalue weighted by atomic mass is 35.5. The quantitative estimate of drug-likeness (QED) is 0.519. The van der Waals surface area contributed by atoms with E-state index < -0.39 is 17.1 Å². The van der Waals surface area contributed by atoms with E-state index in [1.54, 1.807) is 24.3 Å². The van der Waals surface area contributed by atoms with Gasteiger partial charge >= 0.3 is 0 Å². The monoisotopic (exact) mass is 333 g/mol. The number of amides is 1. The van der Waals surface area contributed by atoms with E-state index in [4.69, 9.17) is 11.6 Å².